The number of ether oxygens (including phenoxy) is 2. The molecule has 3 N–H and O–H groups in total. The normalized spacial score (nSPS) is 23.7. The molecule has 0 amide bonds. The summed E-state index contributed by atoms with van der Waals surface area (Å²) in [4.78, 5) is 4.65. The molecule has 2 aromatic carbocycles. The quantitative estimate of drug-likeness (QED) is 0.635. The van der Waals surface area contributed by atoms with Gasteiger partial charge in [-0.25, -0.2) is 4.99 Å². The number of hydrogen-bond acceptors (Lipinski definition) is 5. The number of amidine groups is 1. The van der Waals surface area contributed by atoms with Crippen molar-refractivity contribution in [3.8, 4) is 23.3 Å². The molecule has 5 nitrogen and oxygen atoms in total. The minimum atomic E-state index is -0.847. The van der Waals surface area contributed by atoms with Crippen molar-refractivity contribution in [3.05, 3.63) is 57.6 Å². The summed E-state index contributed by atoms with van der Waals surface area (Å²) in [5.74, 6) is 7.54. The number of fused-ring (bicyclic) bond motifs is 4. The van der Waals surface area contributed by atoms with E-state index in [1.807, 2.05) is 36.4 Å². The first-order valence-electron chi connectivity index (χ1n) is 8.84. The maximum atomic E-state index is 10.2. The van der Waals surface area contributed by atoms with Crippen LogP contribution in [0.25, 0.3) is 0 Å². The third-order valence-electron chi connectivity index (χ3n) is 5.38. The van der Waals surface area contributed by atoms with Crippen LogP contribution in [0.15, 0.2) is 45.9 Å². The molecule has 2 aliphatic heterocycles. The van der Waals surface area contributed by atoms with Crippen molar-refractivity contribution in [1.29, 1.82) is 0 Å². The lowest BCUT2D eigenvalue weighted by Gasteiger charge is -2.33. The maximum Gasteiger partial charge on any atom is 0.283 e. The maximum absolute atomic E-state index is 10.2. The molecule has 2 heterocycles. The van der Waals surface area contributed by atoms with Gasteiger partial charge in [-0.1, -0.05) is 27.8 Å². The van der Waals surface area contributed by atoms with Gasteiger partial charge in [0.15, 0.2) is 5.54 Å². The number of aliphatic imine (C=N–C) groups is 1. The molecular weight excluding hydrogens is 408 g/mol. The van der Waals surface area contributed by atoms with Crippen LogP contribution in [0.4, 0.5) is 0 Å². The van der Waals surface area contributed by atoms with E-state index in [4.69, 9.17) is 15.2 Å². The summed E-state index contributed by atoms with van der Waals surface area (Å²) in [7, 11) is 0. The molecule has 5 rings (SSSR count). The Hall–Kier alpha value is -2.49. The first-order valence-corrected chi connectivity index (χ1v) is 9.63. The van der Waals surface area contributed by atoms with Gasteiger partial charge in [0, 0.05) is 21.2 Å². The standard InChI is InChI=1S/C21H17BrN2O3/c22-14-3-5-18-16(11-14)21(12-26-19(23)24-21)15-10-13(2-4-17(15)27-18)6-9-20(25)7-1-8-20/h2-5,10-11,25H,1,7-8,12H2,(H2,23,24)/t21-/m1/s1. The molecule has 1 atom stereocenters. The van der Waals surface area contributed by atoms with Gasteiger partial charge in [0.2, 0.25) is 0 Å². The average molecular weight is 425 g/mol. The minimum absolute atomic E-state index is 0.161. The van der Waals surface area contributed by atoms with Crippen LogP contribution >= 0.6 is 15.9 Å². The van der Waals surface area contributed by atoms with Crippen molar-refractivity contribution >= 4 is 22.0 Å². The lowest BCUT2D eigenvalue weighted by Crippen LogP contribution is -2.34. The van der Waals surface area contributed by atoms with Gasteiger partial charge in [-0.3, -0.25) is 0 Å². The van der Waals surface area contributed by atoms with Crippen molar-refractivity contribution in [1.82, 2.24) is 0 Å². The third-order valence-corrected chi connectivity index (χ3v) is 5.88. The van der Waals surface area contributed by atoms with Crippen molar-refractivity contribution in [2.24, 2.45) is 10.7 Å². The molecule has 1 spiro atoms. The number of nitrogens with two attached hydrogens (primary N) is 1. The Morgan fingerprint density at radius 2 is 1.85 bits per heavy atom. The van der Waals surface area contributed by atoms with Crippen LogP contribution in [0.5, 0.6) is 11.5 Å². The number of rotatable bonds is 0. The first kappa shape index (κ1) is 16.7. The monoisotopic (exact) mass is 424 g/mol. The second-order valence-corrected chi connectivity index (χ2v) is 8.10. The number of aliphatic hydroxyl groups is 1. The number of hydrogen-bond donors (Lipinski definition) is 2. The highest BCUT2D eigenvalue weighted by Gasteiger charge is 2.47. The van der Waals surface area contributed by atoms with E-state index < -0.39 is 11.1 Å². The van der Waals surface area contributed by atoms with Crippen LogP contribution in [-0.4, -0.2) is 23.3 Å². The van der Waals surface area contributed by atoms with Crippen LogP contribution in [0.1, 0.15) is 36.0 Å². The summed E-state index contributed by atoms with van der Waals surface area (Å²) in [6.07, 6.45) is 2.48. The number of nitrogens with zero attached hydrogens (tertiary/aromatic N) is 1. The Morgan fingerprint density at radius 1 is 1.11 bits per heavy atom. The Kier molecular flexibility index (Phi) is 3.55. The Morgan fingerprint density at radius 3 is 2.52 bits per heavy atom. The number of benzene rings is 2. The molecule has 0 saturated heterocycles. The van der Waals surface area contributed by atoms with E-state index in [2.05, 4.69) is 32.8 Å². The fourth-order valence-corrected chi connectivity index (χ4v) is 4.09. The van der Waals surface area contributed by atoms with Crippen molar-refractivity contribution in [2.45, 2.75) is 30.4 Å². The molecular formula is C21H17BrN2O3. The molecule has 0 bridgehead atoms. The van der Waals surface area contributed by atoms with Gasteiger partial charge in [-0.2, -0.15) is 0 Å². The summed E-state index contributed by atoms with van der Waals surface area (Å²) in [5.41, 5.74) is 6.84. The Balaban J connectivity index is 1.66. The minimum Gasteiger partial charge on any atom is -0.462 e. The molecule has 27 heavy (non-hydrogen) atoms. The molecule has 3 aliphatic rings. The van der Waals surface area contributed by atoms with E-state index in [0.29, 0.717) is 12.4 Å². The summed E-state index contributed by atoms with van der Waals surface area (Å²) in [6.45, 7) is 0.305. The second kappa shape index (κ2) is 5.75. The first-order chi connectivity index (χ1) is 13.0. The summed E-state index contributed by atoms with van der Waals surface area (Å²) < 4.78 is 12.6. The van der Waals surface area contributed by atoms with Gasteiger partial charge in [-0.15, -0.1) is 0 Å². The highest BCUT2D eigenvalue weighted by Crippen LogP contribution is 2.51. The van der Waals surface area contributed by atoms with Crippen LogP contribution in [-0.2, 0) is 10.3 Å². The molecule has 0 aromatic heterocycles. The Bertz CT molecular complexity index is 1050. The number of halogens is 1. The third kappa shape index (κ3) is 2.61. The average Bonchev–Trinajstić information content (AvgIpc) is 3.02. The topological polar surface area (TPSA) is 77.1 Å². The van der Waals surface area contributed by atoms with Gasteiger partial charge in [0.05, 0.1) is 0 Å². The van der Waals surface area contributed by atoms with Crippen LogP contribution in [0.3, 0.4) is 0 Å². The summed E-state index contributed by atoms with van der Waals surface area (Å²) >= 11 is 3.53. The van der Waals surface area contributed by atoms with E-state index in [1.54, 1.807) is 0 Å². The lowest BCUT2D eigenvalue weighted by molar-refractivity contribution is 0.0240. The molecule has 1 fully saturated rings. The fraction of sp³-hybridized carbons (Fsp3) is 0.286. The zero-order chi connectivity index (χ0) is 18.6. The van der Waals surface area contributed by atoms with E-state index in [1.165, 1.54) is 0 Å². The highest BCUT2D eigenvalue weighted by atomic mass is 79.9. The zero-order valence-corrected chi connectivity index (χ0v) is 16.0. The molecule has 6 heteroatoms. The molecule has 1 saturated carbocycles. The van der Waals surface area contributed by atoms with Crippen LogP contribution in [0.2, 0.25) is 0 Å². The predicted molar refractivity (Wildman–Crippen MR) is 105 cm³/mol. The van der Waals surface area contributed by atoms with Gasteiger partial charge in [0.1, 0.15) is 23.7 Å². The molecule has 2 aromatic rings. The van der Waals surface area contributed by atoms with Crippen LogP contribution in [0, 0.1) is 11.8 Å². The van der Waals surface area contributed by atoms with Crippen molar-refractivity contribution in [3.63, 3.8) is 0 Å². The summed E-state index contributed by atoms with van der Waals surface area (Å²) in [5, 5.41) is 10.2. The Labute approximate surface area is 165 Å². The lowest BCUT2D eigenvalue weighted by atomic mass is 9.80. The largest absolute Gasteiger partial charge is 0.462 e. The van der Waals surface area contributed by atoms with Gasteiger partial charge in [-0.05, 0) is 55.7 Å². The van der Waals surface area contributed by atoms with Crippen molar-refractivity contribution in [2.75, 3.05) is 6.61 Å². The SMILES string of the molecule is NC1=N[C@@]2(CO1)c1cc(Br)ccc1Oc1ccc(C#CC3(O)CCC3)cc12. The molecule has 0 radical (unpaired) electrons. The predicted octanol–water partition coefficient (Wildman–Crippen LogP) is 3.41. The van der Waals surface area contributed by atoms with E-state index in [0.717, 1.165) is 46.2 Å². The summed E-state index contributed by atoms with van der Waals surface area (Å²) in [6, 6.07) is 11.7. The highest BCUT2D eigenvalue weighted by molar-refractivity contribution is 9.10. The van der Waals surface area contributed by atoms with E-state index >= 15 is 0 Å². The fourth-order valence-electron chi connectivity index (χ4n) is 3.73. The van der Waals surface area contributed by atoms with E-state index in [9.17, 15) is 5.11 Å². The molecule has 1 aliphatic carbocycles. The van der Waals surface area contributed by atoms with E-state index in [-0.39, 0.29) is 6.02 Å². The smallest absolute Gasteiger partial charge is 0.283 e. The second-order valence-electron chi connectivity index (χ2n) is 7.19. The van der Waals surface area contributed by atoms with Gasteiger partial charge < -0.3 is 20.3 Å². The van der Waals surface area contributed by atoms with Crippen LogP contribution < -0.4 is 10.5 Å². The van der Waals surface area contributed by atoms with Crippen molar-refractivity contribution < 1.29 is 14.6 Å². The molecule has 136 valence electrons. The molecule has 0 unspecified atom stereocenters. The zero-order valence-electron chi connectivity index (χ0n) is 14.5. The van der Waals surface area contributed by atoms with Gasteiger partial charge >= 0.3 is 0 Å². The van der Waals surface area contributed by atoms with Gasteiger partial charge in [0.25, 0.3) is 6.02 Å².